The predicted octanol–water partition coefficient (Wildman–Crippen LogP) is 5.57. The van der Waals surface area contributed by atoms with Crippen LogP contribution in [0.5, 0.6) is 17.2 Å². The molecule has 0 aliphatic rings. The van der Waals surface area contributed by atoms with Gasteiger partial charge < -0.3 is 34.6 Å². The monoisotopic (exact) mass is 619 g/mol. The molecule has 0 spiro atoms. The Morgan fingerprint density at radius 1 is 0.750 bits per heavy atom. The second kappa shape index (κ2) is 17.6. The lowest BCUT2D eigenvalue weighted by Gasteiger charge is -2.15. The number of aliphatic hydroxyl groups excluding tert-OH is 2. The Morgan fingerprint density at radius 2 is 1.43 bits per heavy atom. The Bertz CT molecular complexity index is 1430. The zero-order valence-corrected chi connectivity index (χ0v) is 25.8. The summed E-state index contributed by atoms with van der Waals surface area (Å²) in [6.07, 6.45) is 1.50. The normalized spacial score (nSPS) is 13.2. The van der Waals surface area contributed by atoms with E-state index in [1.165, 1.54) is 5.56 Å². The van der Waals surface area contributed by atoms with Crippen molar-refractivity contribution in [3.8, 4) is 17.2 Å². The number of hydrogen-bond donors (Lipinski definition) is 4. The van der Waals surface area contributed by atoms with E-state index in [-0.39, 0.29) is 25.7 Å². The van der Waals surface area contributed by atoms with E-state index < -0.39 is 13.5 Å². The fourth-order valence-corrected chi connectivity index (χ4v) is 5.69. The van der Waals surface area contributed by atoms with Crippen LogP contribution < -0.4 is 19.5 Å². The molecule has 2 atom stereocenters. The first-order valence-corrected chi connectivity index (χ1v) is 16.9. The number of aliphatic hydroxyl groups is 2. The van der Waals surface area contributed by atoms with Gasteiger partial charge in [-0.1, -0.05) is 72.8 Å². The predicted molar refractivity (Wildman–Crippen MR) is 173 cm³/mol. The lowest BCUT2D eigenvalue weighted by molar-refractivity contribution is 0.106. The molecule has 0 saturated heterocycles. The molecule has 1 unspecified atom stereocenters. The second-order valence-corrected chi connectivity index (χ2v) is 13.1. The lowest BCUT2D eigenvalue weighted by Crippen LogP contribution is -2.32. The summed E-state index contributed by atoms with van der Waals surface area (Å²) >= 11 is 0. The molecular formula is C35H42NO7P. The Morgan fingerprint density at radius 3 is 2.14 bits per heavy atom. The molecule has 0 bridgehead atoms. The number of benzene rings is 4. The van der Waals surface area contributed by atoms with E-state index in [4.69, 9.17) is 14.2 Å². The van der Waals surface area contributed by atoms with Crippen LogP contribution in [0.25, 0.3) is 0 Å². The molecule has 4 aromatic carbocycles. The maximum absolute atomic E-state index is 12.4. The van der Waals surface area contributed by atoms with Gasteiger partial charge in [0, 0.05) is 18.3 Å². The van der Waals surface area contributed by atoms with Crippen LogP contribution in [-0.2, 0) is 30.6 Å². The van der Waals surface area contributed by atoms with Crippen molar-refractivity contribution in [1.29, 1.82) is 0 Å². The van der Waals surface area contributed by atoms with Gasteiger partial charge in [0.25, 0.3) is 0 Å². The van der Waals surface area contributed by atoms with Crippen LogP contribution in [-0.4, -0.2) is 53.4 Å². The molecule has 0 heterocycles. The first kappa shape index (κ1) is 33.2. The van der Waals surface area contributed by atoms with Crippen molar-refractivity contribution >= 4 is 7.37 Å². The zero-order chi connectivity index (χ0) is 31.0. The van der Waals surface area contributed by atoms with Gasteiger partial charge in [-0.3, -0.25) is 4.57 Å². The molecule has 0 aliphatic carbocycles. The van der Waals surface area contributed by atoms with Crippen molar-refractivity contribution in [1.82, 2.24) is 5.32 Å². The molecule has 8 nitrogen and oxygen atoms in total. The third-order valence-corrected chi connectivity index (χ3v) is 8.57. The van der Waals surface area contributed by atoms with Crippen LogP contribution in [0.3, 0.4) is 0 Å². The smallest absolute Gasteiger partial charge is 0.236 e. The van der Waals surface area contributed by atoms with Crippen molar-refractivity contribution in [2.45, 2.75) is 38.6 Å². The number of hydrogen-bond acceptors (Lipinski definition) is 7. The minimum Gasteiger partial charge on any atom is -0.491 e. The summed E-state index contributed by atoms with van der Waals surface area (Å²) in [6, 6.07) is 32.4. The van der Waals surface area contributed by atoms with Gasteiger partial charge in [-0.25, -0.2) is 0 Å². The van der Waals surface area contributed by atoms with Crippen molar-refractivity contribution in [2.75, 3.05) is 32.2 Å². The Hall–Kier alpha value is -3.65. The Labute approximate surface area is 259 Å². The van der Waals surface area contributed by atoms with Gasteiger partial charge in [-0.05, 0) is 72.8 Å². The molecule has 0 amide bonds. The van der Waals surface area contributed by atoms with Crippen LogP contribution in [0.2, 0.25) is 0 Å². The quantitative estimate of drug-likeness (QED) is 0.0796. The Balaban J connectivity index is 1.09. The molecule has 0 aromatic heterocycles. The van der Waals surface area contributed by atoms with Crippen molar-refractivity contribution in [2.24, 2.45) is 0 Å². The van der Waals surface area contributed by atoms with Crippen LogP contribution >= 0.6 is 7.37 Å². The third kappa shape index (κ3) is 11.8. The summed E-state index contributed by atoms with van der Waals surface area (Å²) in [5.74, 6) is 1.75. The molecule has 4 N–H and O–H groups in total. The molecular weight excluding hydrogens is 577 g/mol. The Kier molecular flexibility index (Phi) is 13.3. The topological polar surface area (TPSA) is 117 Å². The molecule has 4 aromatic rings. The highest BCUT2D eigenvalue weighted by atomic mass is 31.2. The first-order chi connectivity index (χ1) is 21.4. The van der Waals surface area contributed by atoms with Gasteiger partial charge in [0.1, 0.15) is 36.6 Å². The van der Waals surface area contributed by atoms with Crippen LogP contribution in [0, 0.1) is 0 Å². The first-order valence-electron chi connectivity index (χ1n) is 14.9. The summed E-state index contributed by atoms with van der Waals surface area (Å²) in [6.45, 7) is 1.44. The number of nitrogens with one attached hydrogen (secondary N) is 1. The highest BCUT2D eigenvalue weighted by Crippen LogP contribution is 2.41. The number of para-hydroxylation sites is 1. The van der Waals surface area contributed by atoms with E-state index in [1.54, 1.807) is 30.3 Å². The summed E-state index contributed by atoms with van der Waals surface area (Å²) in [4.78, 5) is 10.2. The molecule has 0 saturated carbocycles. The second-order valence-electron chi connectivity index (χ2n) is 10.7. The minimum atomic E-state index is -3.35. The number of rotatable bonds is 19. The van der Waals surface area contributed by atoms with Gasteiger partial charge in [0.2, 0.25) is 7.37 Å². The minimum absolute atomic E-state index is 0.121. The van der Waals surface area contributed by atoms with Gasteiger partial charge in [0.05, 0.1) is 6.61 Å². The van der Waals surface area contributed by atoms with Crippen LogP contribution in [0.1, 0.15) is 28.7 Å². The molecule has 4 rings (SSSR count). The highest BCUT2D eigenvalue weighted by Gasteiger charge is 2.19. The average Bonchev–Trinajstić information content (AvgIpc) is 3.05. The average molecular weight is 620 g/mol. The van der Waals surface area contributed by atoms with Gasteiger partial charge in [-0.15, -0.1) is 0 Å². The van der Waals surface area contributed by atoms with E-state index in [2.05, 4.69) is 29.6 Å². The van der Waals surface area contributed by atoms with Gasteiger partial charge in [0.15, 0.2) is 6.35 Å². The van der Waals surface area contributed by atoms with Crippen LogP contribution in [0.4, 0.5) is 0 Å². The molecule has 0 aliphatic heterocycles. The molecule has 0 fully saturated rings. The molecule has 0 radical (unpaired) electrons. The fourth-order valence-electron chi connectivity index (χ4n) is 4.56. The summed E-state index contributed by atoms with van der Waals surface area (Å²) < 4.78 is 29.5. The maximum atomic E-state index is 12.4. The summed E-state index contributed by atoms with van der Waals surface area (Å²) in [7, 11) is -3.35. The van der Waals surface area contributed by atoms with Crippen molar-refractivity contribution in [3.05, 3.63) is 125 Å². The van der Waals surface area contributed by atoms with Gasteiger partial charge >= 0.3 is 0 Å². The van der Waals surface area contributed by atoms with E-state index >= 15 is 0 Å². The summed E-state index contributed by atoms with van der Waals surface area (Å²) in [5.41, 5.74) is 3.96. The molecule has 234 valence electrons. The highest BCUT2D eigenvalue weighted by molar-refractivity contribution is 7.57. The lowest BCUT2D eigenvalue weighted by atomic mass is 10.1. The van der Waals surface area contributed by atoms with E-state index in [9.17, 15) is 19.7 Å². The van der Waals surface area contributed by atoms with E-state index in [0.717, 1.165) is 24.0 Å². The summed E-state index contributed by atoms with van der Waals surface area (Å²) in [5, 5.41) is 23.4. The molecule has 44 heavy (non-hydrogen) atoms. The SMILES string of the molecule is O=P(O)(CCCc1ccc(CCNC[C@H](O)COc2ccc(OCc3ccccc3)c(CO)c2)cc1)COc1ccccc1. The zero-order valence-electron chi connectivity index (χ0n) is 24.9. The van der Waals surface area contributed by atoms with E-state index in [1.807, 2.05) is 48.5 Å². The standard InChI is InChI=1S/C35H42NO7P/c37-24-31-22-34(17-18-35(31)42-25-30-8-3-1-4-9-30)41-26-32(38)23-36-20-19-29-15-13-28(14-16-29)10-7-21-44(39,40)27-43-33-11-5-2-6-12-33/h1-6,8-9,11-18,22,32,36-38H,7,10,19-21,23-27H2,(H,39,40)/t32-/m0/s1. The molecule has 9 heteroatoms. The number of aryl methyl sites for hydroxylation is 1. The van der Waals surface area contributed by atoms with Crippen LogP contribution in [0.15, 0.2) is 103 Å². The van der Waals surface area contributed by atoms with Crippen molar-refractivity contribution in [3.63, 3.8) is 0 Å². The van der Waals surface area contributed by atoms with Gasteiger partial charge in [-0.2, -0.15) is 0 Å². The van der Waals surface area contributed by atoms with E-state index in [0.29, 0.717) is 48.9 Å². The maximum Gasteiger partial charge on any atom is 0.236 e. The largest absolute Gasteiger partial charge is 0.491 e. The number of ether oxygens (including phenoxy) is 3. The van der Waals surface area contributed by atoms with Crippen molar-refractivity contribution < 1.29 is 33.9 Å². The fraction of sp³-hybridized carbons (Fsp3) is 0.314. The third-order valence-electron chi connectivity index (χ3n) is 7.02.